The summed E-state index contributed by atoms with van der Waals surface area (Å²) in [4.78, 5) is 8.58. The first kappa shape index (κ1) is 43.0. The third kappa shape index (κ3) is 8.69. The molecule has 2 heterocycles. The monoisotopic (exact) mass is 808 g/mol. The Bertz CT molecular complexity index is 1710. The Hall–Kier alpha value is -3.77. The second-order valence-corrected chi connectivity index (χ2v) is 14.8. The molecule has 0 saturated heterocycles. The summed E-state index contributed by atoms with van der Waals surface area (Å²) in [6.45, 7) is 6.71. The van der Waals surface area contributed by atoms with Crippen LogP contribution in [-0.4, -0.2) is 61.8 Å². The average molecular weight is 809 g/mol. The van der Waals surface area contributed by atoms with Crippen LogP contribution < -0.4 is 13.9 Å². The molecule has 54 heavy (non-hydrogen) atoms. The highest BCUT2D eigenvalue weighted by atomic mass is 28.2. The van der Waals surface area contributed by atoms with E-state index in [1.165, 1.54) is 44.1 Å². The number of para-hydroxylation sites is 1. The summed E-state index contributed by atoms with van der Waals surface area (Å²) in [6.07, 6.45) is -3.92. The molecule has 3 atom stereocenters. The van der Waals surface area contributed by atoms with Crippen molar-refractivity contribution in [1.82, 2.24) is 9.97 Å². The molecule has 3 aromatic rings. The van der Waals surface area contributed by atoms with Crippen molar-refractivity contribution in [2.45, 2.75) is 107 Å². The Morgan fingerprint density at radius 2 is 1.31 bits per heavy atom. The van der Waals surface area contributed by atoms with Gasteiger partial charge in [0.1, 0.15) is 5.75 Å². The van der Waals surface area contributed by atoms with Gasteiger partial charge in [-0.2, -0.15) is 57.1 Å². The molecular weight excluding hydrogens is 771 g/mol. The van der Waals surface area contributed by atoms with Crippen molar-refractivity contribution in [2.24, 2.45) is 11.8 Å². The summed E-state index contributed by atoms with van der Waals surface area (Å²) in [5, 5.41) is 0. The predicted molar refractivity (Wildman–Crippen MR) is 174 cm³/mol. The minimum atomic E-state index is -7.99. The maximum Gasteiger partial charge on any atom is 0.460 e. The van der Waals surface area contributed by atoms with Crippen LogP contribution in [0.4, 0.5) is 57.1 Å². The van der Waals surface area contributed by atoms with E-state index in [1.807, 2.05) is 18.2 Å². The number of ether oxygens (including phenoxy) is 2. The standard InChI is InChI=1S/C35H37F13N2O3Si/c1-4-5-8-20(2)15-21(3)13-14-54-53-25-10-7-6-9-24(25)23-18-49-29(50-19-23)22-11-12-26-27(16-22)52-28(51-26)17-30(36,37)31(38,39)32(40,41)33(42,43)34(44,45)35(46,47)48/h6-7,9-12,16,18-21,28H,4-5,8,13-15,17,54H2,1-3H3. The van der Waals surface area contributed by atoms with Gasteiger partial charge in [0.25, 0.3) is 0 Å². The molecule has 5 nitrogen and oxygen atoms in total. The Labute approximate surface area is 304 Å². The molecule has 2 aromatic carbocycles. The van der Waals surface area contributed by atoms with Gasteiger partial charge in [-0.3, -0.25) is 0 Å². The number of benzene rings is 2. The van der Waals surface area contributed by atoms with E-state index in [0.717, 1.165) is 30.2 Å². The lowest BCUT2D eigenvalue weighted by molar-refractivity contribution is -0.441. The van der Waals surface area contributed by atoms with Gasteiger partial charge in [0.2, 0.25) is 16.1 Å². The first-order valence-electron chi connectivity index (χ1n) is 16.9. The molecule has 0 saturated carbocycles. The summed E-state index contributed by atoms with van der Waals surface area (Å²) < 4.78 is 192. The lowest BCUT2D eigenvalue weighted by atomic mass is 9.92. The van der Waals surface area contributed by atoms with Gasteiger partial charge in [0, 0.05) is 29.1 Å². The number of unbranched alkanes of at least 4 members (excludes halogenated alkanes) is 1. The normalized spacial score (nSPS) is 16.9. The molecule has 1 aromatic heterocycles. The molecule has 0 fully saturated rings. The van der Waals surface area contributed by atoms with Gasteiger partial charge in [0.15, 0.2) is 17.3 Å². The van der Waals surface area contributed by atoms with Gasteiger partial charge in [-0.05, 0) is 48.6 Å². The first-order valence-corrected chi connectivity index (χ1v) is 18.5. The molecule has 300 valence electrons. The number of hydrogen-bond acceptors (Lipinski definition) is 5. The molecule has 19 heteroatoms. The lowest BCUT2D eigenvalue weighted by Crippen LogP contribution is -2.70. The number of aromatic nitrogens is 2. The molecule has 0 spiro atoms. The van der Waals surface area contributed by atoms with E-state index in [9.17, 15) is 57.1 Å². The number of nitrogens with zero attached hydrogens (tertiary/aromatic N) is 2. The molecule has 0 aliphatic carbocycles. The largest absolute Gasteiger partial charge is 0.549 e. The van der Waals surface area contributed by atoms with Gasteiger partial charge in [-0.1, -0.05) is 64.7 Å². The number of hydrogen-bond donors (Lipinski definition) is 0. The number of halogens is 13. The van der Waals surface area contributed by atoms with Crippen molar-refractivity contribution in [3.05, 3.63) is 54.9 Å². The highest BCUT2D eigenvalue weighted by Crippen LogP contribution is 2.61. The van der Waals surface area contributed by atoms with Crippen LogP contribution in [-0.2, 0) is 0 Å². The smallest absolute Gasteiger partial charge is 0.460 e. The van der Waals surface area contributed by atoms with Crippen LogP contribution in [0.25, 0.3) is 22.5 Å². The van der Waals surface area contributed by atoms with Crippen LogP contribution in [0.15, 0.2) is 54.9 Å². The summed E-state index contributed by atoms with van der Waals surface area (Å²) in [5.41, 5.74) is 1.47. The SMILES string of the molecule is CCCCC(C)CC(C)CC[SiH2]Oc1ccccc1-c1cnc(-c2ccc3c(c2)OC(CC(F)(F)C(F)(F)C(F)(F)C(F)(F)C(F)(F)C(F)(F)F)O3)nc1. The van der Waals surface area contributed by atoms with Gasteiger partial charge in [-0.15, -0.1) is 0 Å². The Morgan fingerprint density at radius 1 is 0.722 bits per heavy atom. The van der Waals surface area contributed by atoms with Gasteiger partial charge >= 0.3 is 35.8 Å². The molecule has 3 unspecified atom stereocenters. The van der Waals surface area contributed by atoms with Gasteiger partial charge < -0.3 is 13.9 Å². The van der Waals surface area contributed by atoms with Crippen LogP contribution in [0.3, 0.4) is 0 Å². The van der Waals surface area contributed by atoms with E-state index in [2.05, 4.69) is 30.7 Å². The second-order valence-electron chi connectivity index (χ2n) is 13.4. The number of rotatable bonds is 18. The quantitative estimate of drug-likeness (QED) is 0.0728. The highest BCUT2D eigenvalue weighted by Gasteiger charge is 2.90. The summed E-state index contributed by atoms with van der Waals surface area (Å²) in [7, 11) is -0.905. The van der Waals surface area contributed by atoms with Crippen molar-refractivity contribution < 1.29 is 71.0 Å². The van der Waals surface area contributed by atoms with Gasteiger partial charge in [0.05, 0.1) is 6.42 Å². The third-order valence-corrected chi connectivity index (χ3v) is 10.2. The summed E-state index contributed by atoms with van der Waals surface area (Å²) in [6, 6.07) is 11.7. The van der Waals surface area contributed by atoms with Crippen molar-refractivity contribution in [2.75, 3.05) is 0 Å². The lowest BCUT2D eigenvalue weighted by Gasteiger charge is -2.39. The maximum atomic E-state index is 14.5. The fourth-order valence-electron chi connectivity index (χ4n) is 5.90. The van der Waals surface area contributed by atoms with Crippen molar-refractivity contribution >= 4 is 9.76 Å². The van der Waals surface area contributed by atoms with Crippen LogP contribution >= 0.6 is 0 Å². The van der Waals surface area contributed by atoms with Crippen LogP contribution in [0.5, 0.6) is 17.2 Å². The fourth-order valence-corrected chi connectivity index (χ4v) is 7.38. The second kappa shape index (κ2) is 16.1. The number of alkyl halides is 13. The highest BCUT2D eigenvalue weighted by molar-refractivity contribution is 6.28. The summed E-state index contributed by atoms with van der Waals surface area (Å²) >= 11 is 0. The third-order valence-electron chi connectivity index (χ3n) is 8.94. The topological polar surface area (TPSA) is 53.5 Å². The zero-order valence-corrected chi connectivity index (χ0v) is 30.5. The maximum absolute atomic E-state index is 14.5. The van der Waals surface area contributed by atoms with Crippen molar-refractivity contribution in [1.29, 1.82) is 0 Å². The zero-order valence-electron chi connectivity index (χ0n) is 29.1. The zero-order chi connectivity index (χ0) is 40.3. The fraction of sp³-hybridized carbons (Fsp3) is 0.543. The van der Waals surface area contributed by atoms with Crippen LogP contribution in [0.1, 0.15) is 59.3 Å². The predicted octanol–water partition coefficient (Wildman–Crippen LogP) is 11.2. The Morgan fingerprint density at radius 3 is 1.94 bits per heavy atom. The average Bonchev–Trinajstić information content (AvgIpc) is 3.49. The van der Waals surface area contributed by atoms with E-state index in [-0.39, 0.29) is 11.4 Å². The molecule has 0 bridgehead atoms. The molecule has 0 N–H and O–H groups in total. The van der Waals surface area contributed by atoms with E-state index in [4.69, 9.17) is 13.9 Å². The molecular formula is C35H37F13N2O3Si. The van der Waals surface area contributed by atoms with Gasteiger partial charge in [-0.25, -0.2) is 9.97 Å². The van der Waals surface area contributed by atoms with E-state index >= 15 is 0 Å². The molecule has 1 aliphatic heterocycles. The summed E-state index contributed by atoms with van der Waals surface area (Å²) in [5.74, 6) is -36.4. The minimum absolute atomic E-state index is 0.0489. The molecule has 0 radical (unpaired) electrons. The van der Waals surface area contributed by atoms with E-state index in [0.29, 0.717) is 23.1 Å². The number of fused-ring (bicyclic) bond motifs is 1. The Kier molecular flexibility index (Phi) is 12.8. The van der Waals surface area contributed by atoms with Crippen molar-refractivity contribution in [3.63, 3.8) is 0 Å². The minimum Gasteiger partial charge on any atom is -0.549 e. The molecule has 0 amide bonds. The first-order chi connectivity index (χ1) is 25.0. The molecule has 1 aliphatic rings. The van der Waals surface area contributed by atoms with Crippen LogP contribution in [0, 0.1) is 11.8 Å². The van der Waals surface area contributed by atoms with Crippen LogP contribution in [0.2, 0.25) is 6.04 Å². The van der Waals surface area contributed by atoms with E-state index in [1.54, 1.807) is 6.07 Å². The van der Waals surface area contributed by atoms with Crippen molar-refractivity contribution in [3.8, 4) is 39.8 Å². The molecule has 4 rings (SSSR count). The Balaban J connectivity index is 1.40. The van der Waals surface area contributed by atoms with E-state index < -0.39 is 69.8 Å².